The van der Waals surface area contributed by atoms with E-state index in [-0.39, 0.29) is 51.5 Å². The van der Waals surface area contributed by atoms with Crippen LogP contribution in [0, 0.1) is 42.9 Å². The molecule has 0 radical (unpaired) electrons. The zero-order chi connectivity index (χ0) is 29.9. The Balaban J connectivity index is 1.78. The molecule has 1 aromatic heterocycles. The summed E-state index contributed by atoms with van der Waals surface area (Å²) in [6.07, 6.45) is -3.55. The average Bonchev–Trinajstić information content (AvgIpc) is 3.27. The maximum absolute atomic E-state index is 13.7. The zero-order valence-electron chi connectivity index (χ0n) is 23.7. The number of fused-ring (bicyclic) bond motifs is 5. The lowest BCUT2D eigenvalue weighted by molar-refractivity contribution is -0.148. The number of hydrogen-bond acceptors (Lipinski definition) is 7. The van der Waals surface area contributed by atoms with Crippen molar-refractivity contribution >= 4 is 11.8 Å². The molecule has 0 aliphatic heterocycles. The molecule has 0 amide bonds. The SMILES string of the molecule is C/C1=C/C[C@H](C)C[C@@H]2[C@H]([C@@H]3C=C(CO)[C@@H](O)[C@@](O)(CC3=O)[C@H]1OC(=O)c1c(C)nn(CC(F)(F)F)c1C)C2(C)C. The van der Waals surface area contributed by atoms with Crippen LogP contribution in [-0.4, -0.2) is 67.4 Å². The third kappa shape index (κ3) is 5.39. The van der Waals surface area contributed by atoms with E-state index in [1.54, 1.807) is 19.1 Å². The van der Waals surface area contributed by atoms with Crippen molar-refractivity contribution in [1.29, 1.82) is 0 Å². The Morgan fingerprint density at radius 2 is 1.90 bits per heavy atom. The highest BCUT2D eigenvalue weighted by Crippen LogP contribution is 2.65. The van der Waals surface area contributed by atoms with Gasteiger partial charge in [-0.15, -0.1) is 0 Å². The minimum atomic E-state index is -4.56. The summed E-state index contributed by atoms with van der Waals surface area (Å²) in [6, 6.07) is 0. The molecule has 0 spiro atoms. The van der Waals surface area contributed by atoms with Crippen LogP contribution in [0.3, 0.4) is 0 Å². The summed E-state index contributed by atoms with van der Waals surface area (Å²) in [7, 11) is 0. The summed E-state index contributed by atoms with van der Waals surface area (Å²) >= 11 is 0. The van der Waals surface area contributed by atoms with E-state index >= 15 is 0 Å². The van der Waals surface area contributed by atoms with Gasteiger partial charge in [0, 0.05) is 12.3 Å². The number of carbonyl (C=O) groups is 2. The minimum Gasteiger partial charge on any atom is -0.451 e. The Morgan fingerprint density at radius 1 is 1.25 bits per heavy atom. The Labute approximate surface area is 231 Å². The molecule has 0 saturated heterocycles. The standard InChI is InChI=1S/C29H39F3N2O6/c1-14-7-8-15(2)25(40-26(38)22-16(3)33-34(17(22)4)13-29(30,31)32)28(39)11-21(36)19(10-18(12-35)24(28)37)23-20(9-14)27(23,5)6/h8,10,14,19-20,23-25,35,37,39H,7,9,11-13H2,1-6H3/b15-8-/t14-,19+,20+,23-,24+,25-,28-/m0/s1. The fourth-order valence-electron chi connectivity index (χ4n) is 6.95. The lowest BCUT2D eigenvalue weighted by Gasteiger charge is -2.39. The quantitative estimate of drug-likeness (QED) is 0.373. The molecular weight excluding hydrogens is 529 g/mol. The number of allylic oxidation sites excluding steroid dienone is 2. The number of esters is 1. The van der Waals surface area contributed by atoms with Crippen molar-refractivity contribution in [1.82, 2.24) is 9.78 Å². The van der Waals surface area contributed by atoms with E-state index in [4.69, 9.17) is 4.74 Å². The maximum Gasteiger partial charge on any atom is 0.408 e. The van der Waals surface area contributed by atoms with Gasteiger partial charge >= 0.3 is 12.1 Å². The molecule has 11 heteroatoms. The van der Waals surface area contributed by atoms with E-state index < -0.39 is 55.4 Å². The fraction of sp³-hybridized carbons (Fsp3) is 0.690. The third-order valence-electron chi connectivity index (χ3n) is 9.26. The van der Waals surface area contributed by atoms with E-state index in [1.165, 1.54) is 13.8 Å². The highest BCUT2D eigenvalue weighted by Gasteiger charge is 2.63. The number of ketones is 1. The predicted octanol–water partition coefficient (Wildman–Crippen LogP) is 3.84. The van der Waals surface area contributed by atoms with Crippen LogP contribution in [0.4, 0.5) is 13.2 Å². The van der Waals surface area contributed by atoms with Crippen molar-refractivity contribution in [3.8, 4) is 0 Å². The van der Waals surface area contributed by atoms with Crippen molar-refractivity contribution in [2.24, 2.45) is 29.1 Å². The molecule has 3 N–H and O–H groups in total. The van der Waals surface area contributed by atoms with Gasteiger partial charge in [-0.3, -0.25) is 9.48 Å². The molecule has 222 valence electrons. The van der Waals surface area contributed by atoms with Gasteiger partial charge in [-0.05, 0) is 67.9 Å². The Morgan fingerprint density at radius 3 is 2.50 bits per heavy atom. The first kappa shape index (κ1) is 30.5. The normalized spacial score (nSPS) is 35.5. The van der Waals surface area contributed by atoms with Gasteiger partial charge < -0.3 is 20.1 Å². The van der Waals surface area contributed by atoms with Gasteiger partial charge in [-0.1, -0.05) is 32.9 Å². The summed E-state index contributed by atoms with van der Waals surface area (Å²) in [5.74, 6) is -1.58. The summed E-state index contributed by atoms with van der Waals surface area (Å²) < 4.78 is 45.6. The summed E-state index contributed by atoms with van der Waals surface area (Å²) in [5.41, 5.74) is -2.26. The number of alkyl halides is 3. The van der Waals surface area contributed by atoms with Crippen LogP contribution in [0.2, 0.25) is 0 Å². The van der Waals surface area contributed by atoms with Gasteiger partial charge in [0.2, 0.25) is 0 Å². The molecule has 8 nitrogen and oxygen atoms in total. The number of halogens is 3. The second-order valence-electron chi connectivity index (χ2n) is 12.5. The summed E-state index contributed by atoms with van der Waals surface area (Å²) in [5, 5.41) is 37.4. The molecule has 3 aliphatic carbocycles. The third-order valence-corrected chi connectivity index (χ3v) is 9.26. The highest BCUT2D eigenvalue weighted by molar-refractivity contribution is 5.92. The topological polar surface area (TPSA) is 122 Å². The largest absolute Gasteiger partial charge is 0.451 e. The second kappa shape index (κ2) is 10.4. The van der Waals surface area contributed by atoms with Crippen LogP contribution >= 0.6 is 0 Å². The number of aryl methyl sites for hydroxylation is 1. The van der Waals surface area contributed by atoms with Crippen LogP contribution in [0.1, 0.15) is 68.7 Å². The van der Waals surface area contributed by atoms with Crippen LogP contribution in [0.15, 0.2) is 23.3 Å². The van der Waals surface area contributed by atoms with Gasteiger partial charge in [-0.2, -0.15) is 18.3 Å². The predicted molar refractivity (Wildman–Crippen MR) is 139 cm³/mol. The number of ether oxygens (including phenoxy) is 1. The smallest absolute Gasteiger partial charge is 0.408 e. The van der Waals surface area contributed by atoms with Crippen molar-refractivity contribution in [3.63, 3.8) is 0 Å². The monoisotopic (exact) mass is 568 g/mol. The van der Waals surface area contributed by atoms with Gasteiger partial charge in [0.15, 0.2) is 6.10 Å². The molecule has 2 bridgehead atoms. The molecule has 4 rings (SSSR count). The highest BCUT2D eigenvalue weighted by atomic mass is 19.4. The second-order valence-corrected chi connectivity index (χ2v) is 12.5. The molecule has 1 saturated carbocycles. The summed E-state index contributed by atoms with van der Waals surface area (Å²) in [4.78, 5) is 27.2. The first-order chi connectivity index (χ1) is 18.4. The van der Waals surface area contributed by atoms with Crippen LogP contribution in [-0.2, 0) is 16.1 Å². The molecule has 0 unspecified atom stereocenters. The fourth-order valence-corrected chi connectivity index (χ4v) is 6.95. The number of aliphatic hydroxyl groups is 3. The molecular formula is C29H39F3N2O6. The maximum atomic E-state index is 13.7. The van der Waals surface area contributed by atoms with Crippen molar-refractivity contribution in [2.45, 2.75) is 91.3 Å². The van der Waals surface area contributed by atoms with Gasteiger partial charge in [0.1, 0.15) is 29.6 Å². The van der Waals surface area contributed by atoms with Crippen LogP contribution < -0.4 is 0 Å². The van der Waals surface area contributed by atoms with E-state index in [0.29, 0.717) is 16.7 Å². The van der Waals surface area contributed by atoms with E-state index in [9.17, 15) is 38.1 Å². The molecule has 0 aromatic carbocycles. The number of rotatable bonds is 4. The van der Waals surface area contributed by atoms with E-state index in [0.717, 1.165) is 6.42 Å². The number of hydrogen-bond donors (Lipinski definition) is 3. The van der Waals surface area contributed by atoms with Crippen LogP contribution in [0.5, 0.6) is 0 Å². The molecule has 3 aliphatic rings. The zero-order valence-corrected chi connectivity index (χ0v) is 23.7. The van der Waals surface area contributed by atoms with Crippen molar-refractivity contribution in [2.75, 3.05) is 6.61 Å². The summed E-state index contributed by atoms with van der Waals surface area (Å²) in [6.45, 7) is 8.57. The lowest BCUT2D eigenvalue weighted by atomic mass is 9.79. The van der Waals surface area contributed by atoms with Gasteiger partial charge in [-0.25, -0.2) is 4.79 Å². The van der Waals surface area contributed by atoms with Crippen molar-refractivity contribution < 1.29 is 42.8 Å². The van der Waals surface area contributed by atoms with Crippen molar-refractivity contribution in [3.05, 3.63) is 40.2 Å². The van der Waals surface area contributed by atoms with E-state index in [1.807, 2.05) is 0 Å². The lowest BCUT2D eigenvalue weighted by Crippen LogP contribution is -2.56. The molecule has 1 fully saturated rings. The van der Waals surface area contributed by atoms with E-state index in [2.05, 4.69) is 25.9 Å². The number of Topliss-reactive ketones (excluding diaryl/α,β-unsaturated/α-hetero) is 1. The Hall–Kier alpha value is -2.50. The first-order valence-corrected chi connectivity index (χ1v) is 13.6. The molecule has 1 aromatic rings. The minimum absolute atomic E-state index is 0.0117. The van der Waals surface area contributed by atoms with Crippen LogP contribution in [0.25, 0.3) is 0 Å². The number of aromatic nitrogens is 2. The Kier molecular flexibility index (Phi) is 7.92. The molecule has 1 heterocycles. The Bertz CT molecular complexity index is 1250. The molecule has 7 atom stereocenters. The van der Waals surface area contributed by atoms with Gasteiger partial charge in [0.05, 0.1) is 18.0 Å². The first-order valence-electron chi connectivity index (χ1n) is 13.6. The molecule has 40 heavy (non-hydrogen) atoms. The number of carbonyl (C=O) groups excluding carboxylic acids is 2. The number of nitrogens with zero attached hydrogens (tertiary/aromatic N) is 2. The van der Waals surface area contributed by atoms with Gasteiger partial charge in [0.25, 0.3) is 0 Å². The average molecular weight is 569 g/mol. The number of aliphatic hydroxyl groups excluding tert-OH is 2.